The lowest BCUT2D eigenvalue weighted by Crippen LogP contribution is -2.38. The van der Waals surface area contributed by atoms with Crippen LogP contribution < -0.4 is 15.9 Å². The number of aromatic nitrogens is 3. The minimum absolute atomic E-state index is 0.0225. The molecule has 3 aromatic rings. The smallest absolute Gasteiger partial charge is 0.350 e. The molecule has 142 valence electrons. The van der Waals surface area contributed by atoms with Crippen LogP contribution in [0.25, 0.3) is 0 Å². The van der Waals surface area contributed by atoms with Crippen molar-refractivity contribution in [2.75, 3.05) is 4.90 Å². The van der Waals surface area contributed by atoms with Gasteiger partial charge in [0.1, 0.15) is 12.4 Å². The fourth-order valence-electron chi connectivity index (χ4n) is 3.06. The van der Waals surface area contributed by atoms with Crippen molar-refractivity contribution in [1.82, 2.24) is 19.7 Å². The number of carbonyl (C=O) groups is 2. The molecule has 2 heterocycles. The highest BCUT2D eigenvalue weighted by Gasteiger charge is 2.33. The zero-order valence-corrected chi connectivity index (χ0v) is 14.7. The summed E-state index contributed by atoms with van der Waals surface area (Å²) in [4.78, 5) is 42.5. The van der Waals surface area contributed by atoms with Gasteiger partial charge in [-0.3, -0.25) is 9.69 Å². The van der Waals surface area contributed by atoms with Crippen LogP contribution in [0.5, 0.6) is 0 Å². The number of hydrogen-bond donors (Lipinski definition) is 1. The van der Waals surface area contributed by atoms with Gasteiger partial charge in [-0.25, -0.2) is 18.7 Å². The summed E-state index contributed by atoms with van der Waals surface area (Å²) in [6, 6.07) is 14.6. The van der Waals surface area contributed by atoms with Crippen molar-refractivity contribution < 1.29 is 14.0 Å². The predicted octanol–water partition coefficient (Wildman–Crippen LogP) is 1.49. The number of nitrogens with one attached hydrogen (secondary N) is 1. The van der Waals surface area contributed by atoms with Crippen molar-refractivity contribution >= 4 is 17.6 Å². The second-order valence-electron chi connectivity index (χ2n) is 6.25. The summed E-state index contributed by atoms with van der Waals surface area (Å²) < 4.78 is 15.7. The zero-order valence-electron chi connectivity index (χ0n) is 14.7. The monoisotopic (exact) mass is 381 g/mol. The van der Waals surface area contributed by atoms with Gasteiger partial charge in [0.2, 0.25) is 5.91 Å². The van der Waals surface area contributed by atoms with Crippen molar-refractivity contribution in [3.05, 3.63) is 82.3 Å². The molecule has 1 N–H and O–H groups in total. The molecule has 2 amide bonds. The molecule has 8 nitrogen and oxygen atoms in total. The zero-order chi connectivity index (χ0) is 19.7. The molecule has 0 bridgehead atoms. The normalized spacial score (nSPS) is 12.9. The second-order valence-corrected chi connectivity index (χ2v) is 6.25. The van der Waals surface area contributed by atoms with Gasteiger partial charge in [-0.15, -0.1) is 0 Å². The van der Waals surface area contributed by atoms with Gasteiger partial charge in [0.25, 0.3) is 0 Å². The fraction of sp³-hybridized carbons (Fsp3) is 0.158. The first-order valence-electron chi connectivity index (χ1n) is 8.60. The predicted molar refractivity (Wildman–Crippen MR) is 98.2 cm³/mol. The van der Waals surface area contributed by atoms with Crippen LogP contribution in [0.4, 0.5) is 14.9 Å². The molecule has 1 aliphatic rings. The Morgan fingerprint density at radius 3 is 2.54 bits per heavy atom. The van der Waals surface area contributed by atoms with Crippen molar-refractivity contribution in [1.29, 1.82) is 0 Å². The van der Waals surface area contributed by atoms with E-state index in [1.807, 2.05) is 6.07 Å². The lowest BCUT2D eigenvalue weighted by molar-refractivity contribution is -0.122. The number of rotatable bonds is 5. The van der Waals surface area contributed by atoms with Gasteiger partial charge in [0.05, 0.1) is 6.54 Å². The average molecular weight is 381 g/mol. The van der Waals surface area contributed by atoms with Gasteiger partial charge >= 0.3 is 11.7 Å². The van der Waals surface area contributed by atoms with Gasteiger partial charge < -0.3 is 5.32 Å². The van der Waals surface area contributed by atoms with Gasteiger partial charge in [0.15, 0.2) is 5.82 Å². The summed E-state index contributed by atoms with van der Waals surface area (Å²) in [5.74, 6) is -0.696. The maximum atomic E-state index is 13.6. The number of halogens is 1. The van der Waals surface area contributed by atoms with Crippen molar-refractivity contribution in [3.63, 3.8) is 0 Å². The van der Waals surface area contributed by atoms with Gasteiger partial charge in [0, 0.05) is 17.8 Å². The molecule has 0 aliphatic carbocycles. The minimum atomic E-state index is -0.683. The van der Waals surface area contributed by atoms with Crippen LogP contribution in [-0.4, -0.2) is 26.3 Å². The van der Waals surface area contributed by atoms with Crippen LogP contribution in [0.2, 0.25) is 0 Å². The molecule has 1 aliphatic heterocycles. The molecular weight excluding hydrogens is 365 g/mol. The Labute approximate surface area is 158 Å². The number of para-hydroxylation sites is 1. The first kappa shape index (κ1) is 17.7. The molecule has 1 aromatic heterocycles. The summed E-state index contributed by atoms with van der Waals surface area (Å²) in [7, 11) is 0. The number of anilines is 1. The molecular formula is C19H16FN5O3. The van der Waals surface area contributed by atoms with Crippen LogP contribution in [0.1, 0.15) is 11.4 Å². The molecule has 0 saturated heterocycles. The molecule has 28 heavy (non-hydrogen) atoms. The number of carbonyl (C=O) groups excluding carboxylic acids is 2. The lowest BCUT2D eigenvalue weighted by Gasteiger charge is -2.15. The molecule has 0 radical (unpaired) electrons. The van der Waals surface area contributed by atoms with Crippen LogP contribution in [0.3, 0.4) is 0 Å². The van der Waals surface area contributed by atoms with Crippen molar-refractivity contribution in [2.24, 2.45) is 0 Å². The summed E-state index contributed by atoms with van der Waals surface area (Å²) >= 11 is 0. The third-order valence-electron chi connectivity index (χ3n) is 4.44. The molecule has 0 atom stereocenters. The van der Waals surface area contributed by atoms with E-state index in [9.17, 15) is 18.8 Å². The maximum absolute atomic E-state index is 13.6. The van der Waals surface area contributed by atoms with E-state index >= 15 is 0 Å². The number of fused-ring (bicyclic) bond motifs is 1. The molecule has 4 rings (SSSR count). The Kier molecular flexibility index (Phi) is 4.48. The van der Waals surface area contributed by atoms with E-state index in [0.717, 1.165) is 9.36 Å². The summed E-state index contributed by atoms with van der Waals surface area (Å²) in [5.41, 5.74) is 0.311. The highest BCUT2D eigenvalue weighted by molar-refractivity contribution is 5.95. The van der Waals surface area contributed by atoms with Gasteiger partial charge in [-0.05, 0) is 18.2 Å². The van der Waals surface area contributed by atoms with Crippen molar-refractivity contribution in [3.8, 4) is 0 Å². The van der Waals surface area contributed by atoms with Crippen LogP contribution >= 0.6 is 0 Å². The summed E-state index contributed by atoms with van der Waals surface area (Å²) in [6.45, 7) is -0.276. The number of nitrogens with zero attached hydrogens (tertiary/aromatic N) is 4. The minimum Gasteiger partial charge on any atom is -0.350 e. The molecule has 9 heteroatoms. The van der Waals surface area contributed by atoms with E-state index < -0.39 is 30.0 Å². The van der Waals surface area contributed by atoms with E-state index in [-0.39, 0.29) is 18.9 Å². The summed E-state index contributed by atoms with van der Waals surface area (Å²) in [6.07, 6.45) is 0. The first-order chi connectivity index (χ1) is 13.5. The van der Waals surface area contributed by atoms with Gasteiger partial charge in [-0.1, -0.05) is 36.4 Å². The third kappa shape index (κ3) is 3.18. The molecule has 0 saturated carbocycles. The molecule has 0 unspecified atom stereocenters. The van der Waals surface area contributed by atoms with Crippen LogP contribution in [-0.2, 0) is 24.4 Å². The maximum Gasteiger partial charge on any atom is 0.365 e. The molecule has 0 fully saturated rings. The SMILES string of the molecule is O=C(Cn1c(=O)nc2n1C(=O)N(c1ccccc1)C2)NCc1ccccc1F. The quantitative estimate of drug-likeness (QED) is 0.725. The highest BCUT2D eigenvalue weighted by atomic mass is 19.1. The van der Waals surface area contributed by atoms with Crippen LogP contribution in [0, 0.1) is 5.82 Å². The number of hydrogen-bond acceptors (Lipinski definition) is 4. The van der Waals surface area contributed by atoms with Crippen LogP contribution in [0.15, 0.2) is 59.4 Å². The van der Waals surface area contributed by atoms with Gasteiger partial charge in [-0.2, -0.15) is 9.67 Å². The van der Waals surface area contributed by atoms with E-state index in [4.69, 9.17) is 0 Å². The second kappa shape index (κ2) is 7.10. The Morgan fingerprint density at radius 1 is 1.07 bits per heavy atom. The average Bonchev–Trinajstić information content (AvgIpc) is 3.18. The Balaban J connectivity index is 1.50. The summed E-state index contributed by atoms with van der Waals surface area (Å²) in [5, 5.41) is 2.55. The topological polar surface area (TPSA) is 89.2 Å². The largest absolute Gasteiger partial charge is 0.365 e. The standard InChI is InChI=1S/C19H16FN5O3/c20-15-9-5-4-6-13(15)10-21-17(26)12-24-18(27)22-16-11-23(19(28)25(16)24)14-7-2-1-3-8-14/h1-9H,10-12H2,(H,21,26). The van der Waals surface area contributed by atoms with E-state index in [1.165, 1.54) is 11.0 Å². The Morgan fingerprint density at radius 2 is 1.79 bits per heavy atom. The first-order valence-corrected chi connectivity index (χ1v) is 8.60. The van der Waals surface area contributed by atoms with E-state index in [2.05, 4.69) is 10.3 Å². The van der Waals surface area contributed by atoms with E-state index in [0.29, 0.717) is 11.3 Å². The number of benzene rings is 2. The van der Waals surface area contributed by atoms with Crippen molar-refractivity contribution in [2.45, 2.75) is 19.6 Å². The lowest BCUT2D eigenvalue weighted by atomic mass is 10.2. The number of amides is 2. The van der Waals surface area contributed by atoms with E-state index in [1.54, 1.807) is 42.5 Å². The Bertz CT molecular complexity index is 1110. The molecule has 2 aromatic carbocycles. The highest BCUT2D eigenvalue weighted by Crippen LogP contribution is 2.22. The Hall–Kier alpha value is -3.75. The fourth-order valence-corrected chi connectivity index (χ4v) is 3.06. The third-order valence-corrected chi connectivity index (χ3v) is 4.44. The molecule has 0 spiro atoms.